The molecule has 2 N–H and O–H groups in total. The lowest BCUT2D eigenvalue weighted by molar-refractivity contribution is -0.118. The average Bonchev–Trinajstić information content (AvgIpc) is 2.88. The third-order valence-electron chi connectivity index (χ3n) is 4.94. The van der Waals surface area contributed by atoms with Crippen LogP contribution in [0.3, 0.4) is 0 Å². The lowest BCUT2D eigenvalue weighted by Crippen LogP contribution is -2.25. The molecule has 0 spiro atoms. The summed E-state index contributed by atoms with van der Waals surface area (Å²) in [5, 5.41) is 9.45. The molecule has 182 valence electrons. The molecule has 2 amide bonds. The highest BCUT2D eigenvalue weighted by molar-refractivity contribution is 6.03. The van der Waals surface area contributed by atoms with Gasteiger partial charge in [0.25, 0.3) is 17.4 Å². The van der Waals surface area contributed by atoms with Crippen LogP contribution >= 0.6 is 0 Å². The summed E-state index contributed by atoms with van der Waals surface area (Å²) in [5.41, 5.74) is 0.642. The van der Waals surface area contributed by atoms with E-state index in [0.29, 0.717) is 28.6 Å². The predicted octanol–water partition coefficient (Wildman–Crippen LogP) is 3.65. The summed E-state index contributed by atoms with van der Waals surface area (Å²) in [5.74, 6) is -0.495. The van der Waals surface area contributed by atoms with Crippen molar-refractivity contribution in [1.82, 2.24) is 9.78 Å². The summed E-state index contributed by atoms with van der Waals surface area (Å²) in [6, 6.07) is 21.1. The SMILES string of the molecule is COc1ccccc1OCC(=O)Nc1cccc(NC(=O)c2ccc(=O)n(-c3ccc(F)cc3)n2)c1. The number of halogens is 1. The van der Waals surface area contributed by atoms with Gasteiger partial charge < -0.3 is 20.1 Å². The molecular weight excluding hydrogens is 467 g/mol. The van der Waals surface area contributed by atoms with Crippen molar-refractivity contribution in [3.05, 3.63) is 107 Å². The monoisotopic (exact) mass is 488 g/mol. The fourth-order valence-electron chi connectivity index (χ4n) is 3.25. The molecule has 0 aliphatic heterocycles. The Kier molecular flexibility index (Phi) is 7.35. The summed E-state index contributed by atoms with van der Waals surface area (Å²) in [6.45, 7) is -0.244. The van der Waals surface area contributed by atoms with Crippen molar-refractivity contribution in [1.29, 1.82) is 0 Å². The number of amides is 2. The van der Waals surface area contributed by atoms with Gasteiger partial charge in [-0.05, 0) is 60.7 Å². The van der Waals surface area contributed by atoms with Crippen LogP contribution in [-0.4, -0.2) is 35.3 Å². The van der Waals surface area contributed by atoms with Gasteiger partial charge in [-0.2, -0.15) is 9.78 Å². The van der Waals surface area contributed by atoms with E-state index in [-0.39, 0.29) is 12.3 Å². The van der Waals surface area contributed by atoms with Crippen molar-refractivity contribution in [2.45, 2.75) is 0 Å². The Hall–Kier alpha value is -4.99. The minimum atomic E-state index is -0.575. The molecule has 1 heterocycles. The molecular formula is C26H21FN4O5. The lowest BCUT2D eigenvalue weighted by Gasteiger charge is -2.11. The van der Waals surface area contributed by atoms with Gasteiger partial charge in [0.05, 0.1) is 12.8 Å². The Bertz CT molecular complexity index is 1450. The molecule has 0 saturated heterocycles. The third kappa shape index (κ3) is 5.92. The van der Waals surface area contributed by atoms with E-state index in [1.165, 1.54) is 43.5 Å². The summed E-state index contributed by atoms with van der Waals surface area (Å²) >= 11 is 0. The van der Waals surface area contributed by atoms with E-state index in [1.807, 2.05) is 0 Å². The molecule has 36 heavy (non-hydrogen) atoms. The van der Waals surface area contributed by atoms with Crippen molar-refractivity contribution in [3.8, 4) is 17.2 Å². The van der Waals surface area contributed by atoms with Crippen LogP contribution in [0.25, 0.3) is 5.69 Å². The van der Waals surface area contributed by atoms with Crippen LogP contribution in [0.2, 0.25) is 0 Å². The molecule has 0 bridgehead atoms. The second-order valence-electron chi connectivity index (χ2n) is 7.47. The Morgan fingerprint density at radius 2 is 1.58 bits per heavy atom. The lowest BCUT2D eigenvalue weighted by atomic mass is 10.2. The van der Waals surface area contributed by atoms with Gasteiger partial charge >= 0.3 is 0 Å². The maximum atomic E-state index is 13.2. The first-order chi connectivity index (χ1) is 17.4. The van der Waals surface area contributed by atoms with Gasteiger partial charge in [0.1, 0.15) is 11.5 Å². The number of nitrogens with zero attached hydrogens (tertiary/aromatic N) is 2. The zero-order chi connectivity index (χ0) is 25.5. The summed E-state index contributed by atoms with van der Waals surface area (Å²) < 4.78 is 24.9. The number of carbonyl (C=O) groups excluding carboxylic acids is 2. The minimum Gasteiger partial charge on any atom is -0.493 e. The highest BCUT2D eigenvalue weighted by Crippen LogP contribution is 2.25. The van der Waals surface area contributed by atoms with E-state index < -0.39 is 23.2 Å². The molecule has 4 rings (SSSR count). The minimum absolute atomic E-state index is 0.0291. The molecule has 0 aliphatic carbocycles. The third-order valence-corrected chi connectivity index (χ3v) is 4.94. The Balaban J connectivity index is 1.41. The number of methoxy groups -OCH3 is 1. The number of hydrogen-bond donors (Lipinski definition) is 2. The van der Waals surface area contributed by atoms with E-state index in [4.69, 9.17) is 9.47 Å². The highest BCUT2D eigenvalue weighted by atomic mass is 19.1. The Morgan fingerprint density at radius 1 is 0.889 bits per heavy atom. The summed E-state index contributed by atoms with van der Waals surface area (Å²) in [6.07, 6.45) is 0. The molecule has 3 aromatic carbocycles. The van der Waals surface area contributed by atoms with Gasteiger partial charge in [-0.3, -0.25) is 14.4 Å². The molecule has 9 nitrogen and oxygen atoms in total. The van der Waals surface area contributed by atoms with Gasteiger partial charge in [0, 0.05) is 17.4 Å². The van der Waals surface area contributed by atoms with Gasteiger partial charge in [0.15, 0.2) is 18.1 Å². The maximum Gasteiger partial charge on any atom is 0.276 e. The first-order valence-corrected chi connectivity index (χ1v) is 10.8. The largest absolute Gasteiger partial charge is 0.493 e. The molecule has 4 aromatic rings. The Labute approximate surface area is 205 Å². The first-order valence-electron chi connectivity index (χ1n) is 10.8. The number of benzene rings is 3. The molecule has 0 aliphatic rings. The van der Waals surface area contributed by atoms with Crippen molar-refractivity contribution >= 4 is 23.2 Å². The van der Waals surface area contributed by atoms with E-state index in [1.54, 1.807) is 48.5 Å². The molecule has 0 saturated carbocycles. The number of para-hydroxylation sites is 2. The van der Waals surface area contributed by atoms with Crippen LogP contribution < -0.4 is 25.7 Å². The van der Waals surface area contributed by atoms with Crippen LogP contribution in [0.4, 0.5) is 15.8 Å². The zero-order valence-electron chi connectivity index (χ0n) is 19.1. The quantitative estimate of drug-likeness (QED) is 0.392. The number of rotatable bonds is 8. The molecule has 10 heteroatoms. The van der Waals surface area contributed by atoms with Gasteiger partial charge in [-0.15, -0.1) is 0 Å². The number of carbonyl (C=O) groups is 2. The first kappa shape index (κ1) is 24.1. The number of hydrogen-bond acceptors (Lipinski definition) is 6. The molecule has 1 aromatic heterocycles. The van der Waals surface area contributed by atoms with Gasteiger partial charge in [-0.25, -0.2) is 4.39 Å². The summed E-state index contributed by atoms with van der Waals surface area (Å²) in [7, 11) is 1.51. The second-order valence-corrected chi connectivity index (χ2v) is 7.47. The van der Waals surface area contributed by atoms with E-state index >= 15 is 0 Å². The van der Waals surface area contributed by atoms with Crippen LogP contribution in [0, 0.1) is 5.82 Å². The standard InChI is InChI=1S/C26H21FN4O5/c1-35-22-7-2-3-8-23(22)36-16-24(32)28-18-5-4-6-19(15-18)29-26(34)21-13-14-25(33)31(30-21)20-11-9-17(27)10-12-20/h2-15H,16H2,1H3,(H,28,32)(H,29,34). The van der Waals surface area contributed by atoms with E-state index in [2.05, 4.69) is 15.7 Å². The van der Waals surface area contributed by atoms with Crippen molar-refractivity contribution in [3.63, 3.8) is 0 Å². The highest BCUT2D eigenvalue weighted by Gasteiger charge is 2.13. The van der Waals surface area contributed by atoms with Crippen molar-refractivity contribution in [2.24, 2.45) is 0 Å². The summed E-state index contributed by atoms with van der Waals surface area (Å²) in [4.78, 5) is 37.3. The second kappa shape index (κ2) is 11.0. The van der Waals surface area contributed by atoms with Gasteiger partial charge in [0.2, 0.25) is 0 Å². The molecule has 0 unspecified atom stereocenters. The molecule has 0 radical (unpaired) electrons. The number of anilines is 2. The number of ether oxygens (including phenoxy) is 2. The fourth-order valence-corrected chi connectivity index (χ4v) is 3.25. The molecule has 0 atom stereocenters. The van der Waals surface area contributed by atoms with Crippen LogP contribution in [0.5, 0.6) is 11.5 Å². The number of aromatic nitrogens is 2. The fraction of sp³-hybridized carbons (Fsp3) is 0.0769. The smallest absolute Gasteiger partial charge is 0.276 e. The van der Waals surface area contributed by atoms with E-state index in [9.17, 15) is 18.8 Å². The predicted molar refractivity (Wildman–Crippen MR) is 131 cm³/mol. The Morgan fingerprint density at radius 3 is 2.31 bits per heavy atom. The van der Waals surface area contributed by atoms with Crippen LogP contribution in [0.1, 0.15) is 10.5 Å². The van der Waals surface area contributed by atoms with Gasteiger partial charge in [-0.1, -0.05) is 18.2 Å². The zero-order valence-corrected chi connectivity index (χ0v) is 19.1. The normalized spacial score (nSPS) is 10.4. The molecule has 0 fully saturated rings. The number of nitrogens with one attached hydrogen (secondary N) is 2. The van der Waals surface area contributed by atoms with Crippen LogP contribution in [0.15, 0.2) is 89.7 Å². The average molecular weight is 488 g/mol. The van der Waals surface area contributed by atoms with Crippen molar-refractivity contribution in [2.75, 3.05) is 24.4 Å². The van der Waals surface area contributed by atoms with Crippen LogP contribution in [-0.2, 0) is 4.79 Å². The van der Waals surface area contributed by atoms with E-state index in [0.717, 1.165) is 4.68 Å². The van der Waals surface area contributed by atoms with Crippen molar-refractivity contribution < 1.29 is 23.5 Å². The topological polar surface area (TPSA) is 112 Å². The maximum absolute atomic E-state index is 13.2.